The molecule has 18 heavy (non-hydrogen) atoms. The Morgan fingerprint density at radius 3 is 2.56 bits per heavy atom. The molecule has 0 unspecified atom stereocenters. The molecular formula is C12H17ClN2O3. The molecule has 1 aromatic carbocycles. The highest BCUT2D eigenvalue weighted by Crippen LogP contribution is 2.25. The first-order valence-electron chi connectivity index (χ1n) is 5.53. The molecule has 0 aliphatic rings. The summed E-state index contributed by atoms with van der Waals surface area (Å²) in [6, 6.07) is 4.42. The smallest absolute Gasteiger partial charge is 0.270 e. The van der Waals surface area contributed by atoms with E-state index in [1.54, 1.807) is 6.07 Å². The van der Waals surface area contributed by atoms with Gasteiger partial charge in [-0.15, -0.1) is 0 Å². The fraction of sp³-hybridized carbons (Fsp3) is 0.500. The van der Waals surface area contributed by atoms with Crippen LogP contribution in [0.1, 0.15) is 19.4 Å². The number of rotatable bonds is 5. The average Bonchev–Trinajstić information content (AvgIpc) is 2.31. The van der Waals surface area contributed by atoms with E-state index < -0.39 is 4.92 Å². The summed E-state index contributed by atoms with van der Waals surface area (Å²) in [7, 11) is 1.87. The fourth-order valence-corrected chi connectivity index (χ4v) is 1.60. The van der Waals surface area contributed by atoms with E-state index >= 15 is 0 Å². The van der Waals surface area contributed by atoms with Gasteiger partial charge >= 0.3 is 0 Å². The SMILES string of the molecule is CN(Cc1ccc([N+](=O)[O-])cc1Cl)C(C)(C)CO. The third-order valence-corrected chi connectivity index (χ3v) is 3.43. The number of nitro groups is 1. The first kappa shape index (κ1) is 14.9. The number of aliphatic hydroxyl groups excluding tert-OH is 1. The molecule has 6 heteroatoms. The minimum Gasteiger partial charge on any atom is -0.394 e. The Balaban J connectivity index is 2.89. The van der Waals surface area contributed by atoms with E-state index in [1.165, 1.54) is 12.1 Å². The van der Waals surface area contributed by atoms with Crippen molar-refractivity contribution in [1.82, 2.24) is 4.90 Å². The van der Waals surface area contributed by atoms with Crippen molar-refractivity contribution < 1.29 is 10.0 Å². The summed E-state index contributed by atoms with van der Waals surface area (Å²) in [6.07, 6.45) is 0. The normalized spacial score (nSPS) is 11.9. The predicted octanol–water partition coefficient (Wildman–Crippen LogP) is 2.45. The molecule has 0 aliphatic heterocycles. The van der Waals surface area contributed by atoms with Crippen molar-refractivity contribution in [2.75, 3.05) is 13.7 Å². The van der Waals surface area contributed by atoms with Crippen molar-refractivity contribution in [2.24, 2.45) is 0 Å². The van der Waals surface area contributed by atoms with Crippen LogP contribution in [0.15, 0.2) is 18.2 Å². The van der Waals surface area contributed by atoms with Crippen LogP contribution in [0.2, 0.25) is 5.02 Å². The van der Waals surface area contributed by atoms with E-state index in [0.29, 0.717) is 11.6 Å². The average molecular weight is 273 g/mol. The summed E-state index contributed by atoms with van der Waals surface area (Å²) in [6.45, 7) is 4.36. The monoisotopic (exact) mass is 272 g/mol. The summed E-state index contributed by atoms with van der Waals surface area (Å²) in [5.41, 5.74) is 0.407. The van der Waals surface area contributed by atoms with Gasteiger partial charge in [0.05, 0.1) is 16.6 Å². The largest absolute Gasteiger partial charge is 0.394 e. The lowest BCUT2D eigenvalue weighted by Gasteiger charge is -2.34. The lowest BCUT2D eigenvalue weighted by Crippen LogP contribution is -2.43. The molecule has 0 amide bonds. The Bertz CT molecular complexity index is 449. The first-order chi connectivity index (χ1) is 8.27. The lowest BCUT2D eigenvalue weighted by atomic mass is 10.0. The van der Waals surface area contributed by atoms with Gasteiger partial charge in [-0.25, -0.2) is 0 Å². The van der Waals surface area contributed by atoms with Gasteiger partial charge in [-0.3, -0.25) is 15.0 Å². The number of likely N-dealkylation sites (N-methyl/N-ethyl adjacent to an activating group) is 1. The minimum absolute atomic E-state index is 0.0205. The van der Waals surface area contributed by atoms with Crippen molar-refractivity contribution in [3.63, 3.8) is 0 Å². The van der Waals surface area contributed by atoms with Gasteiger partial charge in [0, 0.05) is 24.2 Å². The van der Waals surface area contributed by atoms with E-state index in [4.69, 9.17) is 11.6 Å². The molecule has 0 heterocycles. The number of aliphatic hydroxyl groups is 1. The van der Waals surface area contributed by atoms with E-state index in [2.05, 4.69) is 0 Å². The van der Waals surface area contributed by atoms with Gasteiger partial charge in [-0.1, -0.05) is 11.6 Å². The Labute approximate surface area is 111 Å². The van der Waals surface area contributed by atoms with Crippen molar-refractivity contribution in [3.05, 3.63) is 38.9 Å². The molecule has 0 aliphatic carbocycles. The molecule has 1 aromatic rings. The highest BCUT2D eigenvalue weighted by Gasteiger charge is 2.23. The summed E-state index contributed by atoms with van der Waals surface area (Å²) < 4.78 is 0. The van der Waals surface area contributed by atoms with Gasteiger partial charge in [-0.2, -0.15) is 0 Å². The molecular weight excluding hydrogens is 256 g/mol. The predicted molar refractivity (Wildman–Crippen MR) is 70.7 cm³/mol. The fourth-order valence-electron chi connectivity index (χ4n) is 1.37. The van der Waals surface area contributed by atoms with Crippen LogP contribution in [0.4, 0.5) is 5.69 Å². The number of hydrogen-bond acceptors (Lipinski definition) is 4. The van der Waals surface area contributed by atoms with Crippen LogP contribution < -0.4 is 0 Å². The summed E-state index contributed by atoms with van der Waals surface area (Å²) in [5, 5.41) is 20.2. The second kappa shape index (κ2) is 5.65. The standard InChI is InChI=1S/C12H17ClN2O3/c1-12(2,8-16)14(3)7-9-4-5-10(15(17)18)6-11(9)13/h4-6,16H,7-8H2,1-3H3. The molecule has 5 nitrogen and oxygen atoms in total. The van der Waals surface area contributed by atoms with E-state index in [1.807, 2.05) is 25.8 Å². The van der Waals surface area contributed by atoms with Crippen molar-refractivity contribution >= 4 is 17.3 Å². The van der Waals surface area contributed by atoms with E-state index in [0.717, 1.165) is 5.56 Å². The number of nitro benzene ring substituents is 1. The Hall–Kier alpha value is -1.17. The number of halogens is 1. The molecule has 0 saturated heterocycles. The molecule has 100 valence electrons. The van der Waals surface area contributed by atoms with Crippen LogP contribution in [-0.2, 0) is 6.54 Å². The maximum atomic E-state index is 10.6. The van der Waals surface area contributed by atoms with E-state index in [9.17, 15) is 15.2 Å². The van der Waals surface area contributed by atoms with Crippen LogP contribution in [0.25, 0.3) is 0 Å². The molecule has 0 saturated carbocycles. The van der Waals surface area contributed by atoms with Gasteiger partial charge in [0.1, 0.15) is 0 Å². The van der Waals surface area contributed by atoms with Gasteiger partial charge in [0.2, 0.25) is 0 Å². The maximum absolute atomic E-state index is 10.6. The Kier molecular flexibility index (Phi) is 4.67. The van der Waals surface area contributed by atoms with Gasteiger partial charge < -0.3 is 5.11 Å². The minimum atomic E-state index is -0.475. The quantitative estimate of drug-likeness (QED) is 0.660. The first-order valence-corrected chi connectivity index (χ1v) is 5.90. The summed E-state index contributed by atoms with van der Waals surface area (Å²) in [5.74, 6) is 0. The van der Waals surface area contributed by atoms with Crippen LogP contribution >= 0.6 is 11.6 Å². The van der Waals surface area contributed by atoms with Crippen molar-refractivity contribution in [1.29, 1.82) is 0 Å². The zero-order valence-electron chi connectivity index (χ0n) is 10.7. The van der Waals surface area contributed by atoms with Crippen molar-refractivity contribution in [2.45, 2.75) is 25.9 Å². The van der Waals surface area contributed by atoms with Gasteiger partial charge in [0.15, 0.2) is 0 Å². The van der Waals surface area contributed by atoms with Crippen molar-refractivity contribution in [3.8, 4) is 0 Å². The molecule has 0 bridgehead atoms. The number of nitrogens with zero attached hydrogens (tertiary/aromatic N) is 2. The lowest BCUT2D eigenvalue weighted by molar-refractivity contribution is -0.384. The summed E-state index contributed by atoms with van der Waals surface area (Å²) in [4.78, 5) is 12.1. The number of non-ortho nitro benzene ring substituents is 1. The highest BCUT2D eigenvalue weighted by atomic mass is 35.5. The molecule has 0 fully saturated rings. The molecule has 1 rings (SSSR count). The zero-order chi connectivity index (χ0) is 13.9. The van der Waals surface area contributed by atoms with Crippen LogP contribution in [-0.4, -0.2) is 34.1 Å². The maximum Gasteiger partial charge on any atom is 0.270 e. The van der Waals surface area contributed by atoms with Crippen LogP contribution in [0.3, 0.4) is 0 Å². The second-order valence-corrected chi connectivity index (χ2v) is 5.27. The third kappa shape index (κ3) is 3.41. The molecule has 0 aromatic heterocycles. The number of hydrogen-bond donors (Lipinski definition) is 1. The molecule has 0 atom stereocenters. The Morgan fingerprint density at radius 2 is 2.11 bits per heavy atom. The molecule has 0 radical (unpaired) electrons. The summed E-state index contributed by atoms with van der Waals surface area (Å²) >= 11 is 6.02. The van der Waals surface area contributed by atoms with Crippen LogP contribution in [0.5, 0.6) is 0 Å². The molecule has 0 spiro atoms. The van der Waals surface area contributed by atoms with Gasteiger partial charge in [-0.05, 0) is 32.5 Å². The van der Waals surface area contributed by atoms with E-state index in [-0.39, 0.29) is 17.8 Å². The zero-order valence-corrected chi connectivity index (χ0v) is 11.4. The second-order valence-electron chi connectivity index (χ2n) is 4.86. The molecule has 1 N–H and O–H groups in total. The highest BCUT2D eigenvalue weighted by molar-refractivity contribution is 6.31. The van der Waals surface area contributed by atoms with Crippen LogP contribution in [0, 0.1) is 10.1 Å². The number of benzene rings is 1. The Morgan fingerprint density at radius 1 is 1.50 bits per heavy atom. The topological polar surface area (TPSA) is 66.6 Å². The third-order valence-electron chi connectivity index (χ3n) is 3.08. The van der Waals surface area contributed by atoms with Gasteiger partial charge in [0.25, 0.3) is 5.69 Å².